The van der Waals surface area contributed by atoms with Gasteiger partial charge >= 0.3 is 0 Å². The van der Waals surface area contributed by atoms with E-state index in [2.05, 4.69) is 0 Å². The molecule has 6 rings (SSSR count). The van der Waals surface area contributed by atoms with E-state index in [4.69, 9.17) is 14.5 Å². The Morgan fingerprint density at radius 3 is 1.79 bits per heavy atom. The molecule has 4 heteroatoms. The van der Waals surface area contributed by atoms with Gasteiger partial charge in [-0.2, -0.15) is 4.98 Å². The van der Waals surface area contributed by atoms with Gasteiger partial charge in [0.25, 0.3) is 0 Å². The van der Waals surface area contributed by atoms with Crippen LogP contribution in [-0.2, 0) is 0 Å². The van der Waals surface area contributed by atoms with Crippen molar-refractivity contribution >= 4 is 16.6 Å². The molecule has 0 atom stereocenters. The van der Waals surface area contributed by atoms with Crippen molar-refractivity contribution in [3.63, 3.8) is 0 Å². The number of hydrogen-bond acceptors (Lipinski definition) is 4. The van der Waals surface area contributed by atoms with Crippen LogP contribution in [0.4, 0.5) is 0 Å². The lowest BCUT2D eigenvalue weighted by Gasteiger charge is -2.23. The number of ketones is 1. The van der Waals surface area contributed by atoms with Crippen molar-refractivity contribution in [2.24, 2.45) is 0 Å². The van der Waals surface area contributed by atoms with E-state index in [1.54, 1.807) is 0 Å². The Morgan fingerprint density at radius 1 is 0.588 bits per heavy atom. The lowest BCUT2D eigenvalue weighted by molar-refractivity contribution is 0.104. The third kappa shape index (κ3) is 3.32. The van der Waals surface area contributed by atoms with E-state index in [0.717, 1.165) is 33.0 Å². The quantitative estimate of drug-likeness (QED) is 0.281. The predicted octanol–water partition coefficient (Wildman–Crippen LogP) is 7.65. The zero-order chi connectivity index (χ0) is 23.2. The van der Waals surface area contributed by atoms with Crippen LogP contribution in [0.15, 0.2) is 91.0 Å². The third-order valence-corrected chi connectivity index (χ3v) is 6.12. The Balaban J connectivity index is 1.62. The molecule has 34 heavy (non-hydrogen) atoms. The molecule has 1 aliphatic carbocycles. The topological polar surface area (TPSA) is 48.4 Å². The summed E-state index contributed by atoms with van der Waals surface area (Å²) in [6.45, 7) is 4.06. The molecule has 0 fully saturated rings. The molecular formula is C30H21NO3. The molecule has 4 nitrogen and oxygen atoms in total. The molecule has 1 aromatic heterocycles. The summed E-state index contributed by atoms with van der Waals surface area (Å²) >= 11 is 0. The molecule has 0 unspecified atom stereocenters. The van der Waals surface area contributed by atoms with Crippen LogP contribution in [0.2, 0.25) is 0 Å². The lowest BCUT2D eigenvalue weighted by atomic mass is 9.83. The predicted molar refractivity (Wildman–Crippen MR) is 133 cm³/mol. The summed E-state index contributed by atoms with van der Waals surface area (Å²) in [7, 11) is 0. The lowest BCUT2D eigenvalue weighted by Crippen LogP contribution is -2.11. The minimum Gasteiger partial charge on any atom is -0.438 e. The van der Waals surface area contributed by atoms with Gasteiger partial charge in [0.2, 0.25) is 11.8 Å². The Kier molecular flexibility index (Phi) is 4.66. The third-order valence-electron chi connectivity index (χ3n) is 6.12. The smallest absolute Gasteiger partial charge is 0.231 e. The molecule has 0 amide bonds. The standard InChI is InChI=1S/C30H21NO3/c1-18-10-14-20(15-11-18)33-29-25-9-5-8-24-26(25)27(22-6-3-4-7-23(22)28(24)32)30(31-29)34-21-16-12-19(2)13-17-21/h3-17H,1-2H3. The second-order valence-electron chi connectivity index (χ2n) is 8.53. The fourth-order valence-corrected chi connectivity index (χ4v) is 4.39. The van der Waals surface area contributed by atoms with Crippen molar-refractivity contribution in [1.82, 2.24) is 4.98 Å². The van der Waals surface area contributed by atoms with Gasteiger partial charge in [0.1, 0.15) is 11.5 Å². The van der Waals surface area contributed by atoms with E-state index < -0.39 is 0 Å². The van der Waals surface area contributed by atoms with Crippen molar-refractivity contribution in [2.45, 2.75) is 13.8 Å². The second kappa shape index (κ2) is 7.85. The van der Waals surface area contributed by atoms with Crippen LogP contribution in [0.3, 0.4) is 0 Å². The highest BCUT2D eigenvalue weighted by atomic mass is 16.5. The number of ether oxygens (including phenoxy) is 2. The van der Waals surface area contributed by atoms with Crippen LogP contribution in [0.25, 0.3) is 21.9 Å². The van der Waals surface area contributed by atoms with Crippen LogP contribution in [-0.4, -0.2) is 10.8 Å². The number of carbonyl (C=O) groups excluding carboxylic acids is 1. The number of pyridine rings is 1. The number of benzene rings is 4. The molecule has 0 saturated heterocycles. The first-order valence-corrected chi connectivity index (χ1v) is 11.2. The molecule has 0 aliphatic heterocycles. The molecule has 0 spiro atoms. The summed E-state index contributed by atoms with van der Waals surface area (Å²) in [4.78, 5) is 18.3. The van der Waals surface area contributed by atoms with E-state index in [9.17, 15) is 4.79 Å². The van der Waals surface area contributed by atoms with E-state index in [0.29, 0.717) is 34.4 Å². The number of rotatable bonds is 4. The average molecular weight is 444 g/mol. The van der Waals surface area contributed by atoms with Gasteiger partial charge in [-0.15, -0.1) is 0 Å². The fraction of sp³-hybridized carbons (Fsp3) is 0.0667. The summed E-state index contributed by atoms with van der Waals surface area (Å²) in [6.07, 6.45) is 0. The van der Waals surface area contributed by atoms with E-state index >= 15 is 0 Å². The van der Waals surface area contributed by atoms with Gasteiger partial charge < -0.3 is 9.47 Å². The number of nitrogens with zero attached hydrogens (tertiary/aromatic N) is 1. The van der Waals surface area contributed by atoms with Crippen LogP contribution in [0, 0.1) is 13.8 Å². The minimum absolute atomic E-state index is 0.0116. The van der Waals surface area contributed by atoms with Crippen molar-refractivity contribution in [2.75, 3.05) is 0 Å². The Labute approximate surface area is 197 Å². The Morgan fingerprint density at radius 2 is 1.15 bits per heavy atom. The first-order valence-electron chi connectivity index (χ1n) is 11.2. The van der Waals surface area contributed by atoms with Gasteiger partial charge in [0.15, 0.2) is 5.78 Å². The first-order chi connectivity index (χ1) is 16.6. The molecule has 4 aromatic carbocycles. The van der Waals surface area contributed by atoms with E-state index in [1.807, 2.05) is 105 Å². The molecule has 1 aliphatic rings. The average Bonchev–Trinajstić information content (AvgIpc) is 2.86. The molecular weight excluding hydrogens is 422 g/mol. The van der Waals surface area contributed by atoms with E-state index in [1.165, 1.54) is 0 Å². The summed E-state index contributed by atoms with van der Waals surface area (Å²) < 4.78 is 12.6. The van der Waals surface area contributed by atoms with Gasteiger partial charge in [0, 0.05) is 21.9 Å². The number of aryl methyl sites for hydroxylation is 2. The zero-order valence-electron chi connectivity index (χ0n) is 18.8. The van der Waals surface area contributed by atoms with Crippen molar-refractivity contribution in [3.8, 4) is 34.4 Å². The molecule has 0 radical (unpaired) electrons. The highest BCUT2D eigenvalue weighted by Crippen LogP contribution is 2.47. The van der Waals surface area contributed by atoms with Crippen LogP contribution >= 0.6 is 0 Å². The van der Waals surface area contributed by atoms with Gasteiger partial charge in [-0.25, -0.2) is 0 Å². The van der Waals surface area contributed by atoms with Gasteiger partial charge in [-0.05, 0) is 49.7 Å². The molecule has 0 bridgehead atoms. The maximum Gasteiger partial charge on any atom is 0.231 e. The van der Waals surface area contributed by atoms with Gasteiger partial charge in [-0.3, -0.25) is 4.79 Å². The normalized spacial score (nSPS) is 11.9. The number of aromatic nitrogens is 1. The fourth-order valence-electron chi connectivity index (χ4n) is 4.39. The van der Waals surface area contributed by atoms with Gasteiger partial charge in [0.05, 0.1) is 5.56 Å². The minimum atomic E-state index is -0.0116. The number of hydrogen-bond donors (Lipinski definition) is 0. The monoisotopic (exact) mass is 443 g/mol. The van der Waals surface area contributed by atoms with Crippen molar-refractivity contribution in [3.05, 3.63) is 113 Å². The van der Waals surface area contributed by atoms with Crippen LogP contribution in [0.5, 0.6) is 23.3 Å². The molecule has 5 aromatic rings. The molecule has 164 valence electrons. The summed E-state index contributed by atoms with van der Waals surface area (Å²) in [6, 6.07) is 28.9. The highest BCUT2D eigenvalue weighted by molar-refractivity contribution is 6.27. The number of fused-ring (bicyclic) bond motifs is 2. The largest absolute Gasteiger partial charge is 0.438 e. The first kappa shape index (κ1) is 20.2. The molecule has 0 N–H and O–H groups in total. The summed E-state index contributed by atoms with van der Waals surface area (Å²) in [5, 5.41) is 1.57. The maximum atomic E-state index is 13.4. The van der Waals surface area contributed by atoms with Crippen molar-refractivity contribution in [1.29, 1.82) is 0 Å². The number of carbonyl (C=O) groups is 1. The zero-order valence-corrected chi connectivity index (χ0v) is 18.8. The Hall–Kier alpha value is -4.44. The van der Waals surface area contributed by atoms with Crippen molar-refractivity contribution < 1.29 is 14.3 Å². The van der Waals surface area contributed by atoms with Crippen LogP contribution in [0.1, 0.15) is 27.0 Å². The Bertz CT molecular complexity index is 1570. The SMILES string of the molecule is Cc1ccc(Oc2nc(Oc3ccc(C)cc3)c3cccc4c3c2-c2ccccc2C4=O)cc1. The molecule has 0 saturated carbocycles. The second-order valence-corrected chi connectivity index (χ2v) is 8.53. The summed E-state index contributed by atoms with van der Waals surface area (Å²) in [5.41, 5.74) is 5.16. The summed E-state index contributed by atoms with van der Waals surface area (Å²) in [5.74, 6) is 2.14. The van der Waals surface area contributed by atoms with E-state index in [-0.39, 0.29) is 5.78 Å². The maximum absolute atomic E-state index is 13.4. The molecule has 1 heterocycles. The van der Waals surface area contributed by atoms with Crippen LogP contribution < -0.4 is 9.47 Å². The highest BCUT2D eigenvalue weighted by Gasteiger charge is 2.30. The van der Waals surface area contributed by atoms with Gasteiger partial charge in [-0.1, -0.05) is 71.8 Å².